The van der Waals surface area contributed by atoms with E-state index < -0.39 is 53.6 Å². The van der Waals surface area contributed by atoms with Crippen molar-refractivity contribution < 1.29 is 33.4 Å². The maximum atomic E-state index is 14.3. The maximum absolute atomic E-state index is 14.3. The van der Waals surface area contributed by atoms with Gasteiger partial charge >= 0.3 is 5.97 Å². The molecule has 0 saturated carbocycles. The minimum absolute atomic E-state index is 0.0345. The third-order valence-electron chi connectivity index (χ3n) is 6.21. The number of nitrogens with one attached hydrogen (secondary N) is 3. The molecule has 12 heteroatoms. The van der Waals surface area contributed by atoms with E-state index in [-0.39, 0.29) is 24.4 Å². The van der Waals surface area contributed by atoms with Gasteiger partial charge in [-0.25, -0.2) is 9.18 Å². The Balaban J connectivity index is 2.29. The number of hydrogen-bond donors (Lipinski definition) is 4. The first kappa shape index (κ1) is 34.6. The summed E-state index contributed by atoms with van der Waals surface area (Å²) in [7, 11) is 3.02. The van der Waals surface area contributed by atoms with Crippen molar-refractivity contribution in [2.75, 3.05) is 20.6 Å². The summed E-state index contributed by atoms with van der Waals surface area (Å²) in [5.41, 5.74) is 1.37. The van der Waals surface area contributed by atoms with Gasteiger partial charge in [-0.3, -0.25) is 14.4 Å². The molecule has 2 rings (SSSR count). The number of aryl methyl sites for hydroxylation is 1. The first-order valence-electron chi connectivity index (χ1n) is 13.6. The number of hydrogen-bond acceptors (Lipinski definition) is 8. The van der Waals surface area contributed by atoms with E-state index in [4.69, 9.17) is 4.74 Å². The molecule has 0 heterocycles. The van der Waals surface area contributed by atoms with E-state index >= 15 is 0 Å². The Morgan fingerprint density at radius 3 is 2.35 bits per heavy atom. The van der Waals surface area contributed by atoms with Gasteiger partial charge in [0.15, 0.2) is 0 Å². The molecule has 0 unspecified atom stereocenters. The average molecular weight is 596 g/mol. The Labute approximate surface area is 250 Å². The summed E-state index contributed by atoms with van der Waals surface area (Å²) in [6, 6.07) is 9.97. The second-order valence-corrected chi connectivity index (χ2v) is 10.5. The Bertz CT molecular complexity index is 1400. The highest BCUT2D eigenvalue weighted by molar-refractivity contribution is 6.01. The van der Waals surface area contributed by atoms with Crippen LogP contribution in [0.1, 0.15) is 37.5 Å². The third kappa shape index (κ3) is 10.6. The molecular formula is C31H38FN5O6. The molecule has 4 N–H and O–H groups in total. The van der Waals surface area contributed by atoms with Crippen LogP contribution < -0.4 is 20.7 Å². The fourth-order valence-electron chi connectivity index (χ4n) is 3.73. The van der Waals surface area contributed by atoms with E-state index in [1.54, 1.807) is 45.0 Å². The van der Waals surface area contributed by atoms with Crippen LogP contribution in [-0.4, -0.2) is 72.5 Å². The lowest BCUT2D eigenvalue weighted by molar-refractivity contribution is -0.140. The molecule has 0 aromatic heterocycles. The van der Waals surface area contributed by atoms with Gasteiger partial charge in [0.1, 0.15) is 35.3 Å². The van der Waals surface area contributed by atoms with Gasteiger partial charge in [0.25, 0.3) is 5.91 Å². The number of rotatable bonds is 13. The molecule has 0 saturated heterocycles. The summed E-state index contributed by atoms with van der Waals surface area (Å²) in [5.74, 6) is -3.52. The van der Waals surface area contributed by atoms with Crippen LogP contribution in [0.25, 0.3) is 6.08 Å². The lowest BCUT2D eigenvalue weighted by atomic mass is 10.1. The Kier molecular flexibility index (Phi) is 13.0. The normalized spacial score (nSPS) is 13.3. The number of amides is 3. The van der Waals surface area contributed by atoms with Gasteiger partial charge in [-0.05, 0) is 49.2 Å². The summed E-state index contributed by atoms with van der Waals surface area (Å²) in [6.07, 6.45) is 0.0676. The summed E-state index contributed by atoms with van der Waals surface area (Å²) in [6.45, 7) is 6.18. The van der Waals surface area contributed by atoms with Crippen molar-refractivity contribution in [1.82, 2.24) is 20.9 Å². The predicted octanol–water partition coefficient (Wildman–Crippen LogP) is 1.83. The van der Waals surface area contributed by atoms with E-state index in [1.807, 2.05) is 6.07 Å². The van der Waals surface area contributed by atoms with E-state index in [1.165, 1.54) is 50.2 Å². The van der Waals surface area contributed by atoms with E-state index in [9.17, 15) is 33.9 Å². The predicted molar refractivity (Wildman–Crippen MR) is 158 cm³/mol. The molecule has 3 atom stereocenters. The van der Waals surface area contributed by atoms with Gasteiger partial charge in [-0.15, -0.1) is 0 Å². The van der Waals surface area contributed by atoms with E-state index in [2.05, 4.69) is 16.0 Å². The number of carbonyl (C=O) groups excluding carboxylic acids is 4. The SMILES string of the molecule is Cc1ccc(CNC[C@H](NC(=O)[C@@H](NC(=O)C(C)C)[C@@H](C)O)C(=O)Oc2cccc(C=C(C#N)C(=O)N(C)C)c2)c(F)c1. The van der Waals surface area contributed by atoms with Crippen LogP contribution in [0.15, 0.2) is 48.0 Å². The number of likely N-dealkylation sites (N-methyl/N-ethyl adjacent to an activating group) is 1. The molecule has 0 aliphatic rings. The molecular weight excluding hydrogens is 557 g/mol. The quantitative estimate of drug-likeness (QED) is 0.118. The number of aliphatic hydroxyl groups excluding tert-OH is 1. The Morgan fingerprint density at radius 1 is 1.07 bits per heavy atom. The zero-order valence-electron chi connectivity index (χ0n) is 25.1. The van der Waals surface area contributed by atoms with Crippen molar-refractivity contribution >= 4 is 29.8 Å². The lowest BCUT2D eigenvalue weighted by Crippen LogP contribution is -2.58. The van der Waals surface area contributed by atoms with Crippen LogP contribution in [0.2, 0.25) is 0 Å². The van der Waals surface area contributed by atoms with Gasteiger partial charge in [-0.2, -0.15) is 5.26 Å². The van der Waals surface area contributed by atoms with Crippen LogP contribution in [0.3, 0.4) is 0 Å². The number of aliphatic hydroxyl groups is 1. The van der Waals surface area contributed by atoms with Gasteiger partial charge in [0, 0.05) is 38.7 Å². The highest BCUT2D eigenvalue weighted by Crippen LogP contribution is 2.17. The average Bonchev–Trinajstić information content (AvgIpc) is 2.94. The highest BCUT2D eigenvalue weighted by atomic mass is 19.1. The number of benzene rings is 2. The minimum Gasteiger partial charge on any atom is -0.425 e. The number of ether oxygens (including phenoxy) is 1. The van der Waals surface area contributed by atoms with Gasteiger partial charge in [0.2, 0.25) is 11.8 Å². The van der Waals surface area contributed by atoms with Gasteiger partial charge < -0.3 is 30.7 Å². The Hall–Kier alpha value is -4.60. The van der Waals surface area contributed by atoms with Crippen molar-refractivity contribution in [3.8, 4) is 11.8 Å². The zero-order chi connectivity index (χ0) is 32.3. The van der Waals surface area contributed by atoms with Crippen molar-refractivity contribution in [1.29, 1.82) is 5.26 Å². The first-order valence-corrected chi connectivity index (χ1v) is 13.6. The lowest BCUT2D eigenvalue weighted by Gasteiger charge is -2.25. The van der Waals surface area contributed by atoms with Crippen LogP contribution in [0, 0.1) is 30.0 Å². The smallest absolute Gasteiger partial charge is 0.335 e. The second kappa shape index (κ2) is 16.1. The summed E-state index contributed by atoms with van der Waals surface area (Å²) in [4.78, 5) is 52.1. The number of nitriles is 1. The number of carbonyl (C=O) groups is 4. The third-order valence-corrected chi connectivity index (χ3v) is 6.21. The van der Waals surface area contributed by atoms with Gasteiger partial charge in [0.05, 0.1) is 6.10 Å². The van der Waals surface area contributed by atoms with Crippen LogP contribution in [0.4, 0.5) is 4.39 Å². The fraction of sp³-hybridized carbons (Fsp3) is 0.387. The molecule has 0 radical (unpaired) electrons. The molecule has 11 nitrogen and oxygen atoms in total. The topological polar surface area (TPSA) is 161 Å². The molecule has 2 aromatic rings. The second-order valence-electron chi connectivity index (χ2n) is 10.5. The fourth-order valence-corrected chi connectivity index (χ4v) is 3.73. The van der Waals surface area contributed by atoms with Crippen LogP contribution in [-0.2, 0) is 25.7 Å². The van der Waals surface area contributed by atoms with Crippen molar-refractivity contribution in [3.63, 3.8) is 0 Å². The largest absolute Gasteiger partial charge is 0.425 e. The molecule has 3 amide bonds. The molecule has 0 aliphatic carbocycles. The summed E-state index contributed by atoms with van der Waals surface area (Å²) in [5, 5.41) is 27.5. The minimum atomic E-state index is -1.35. The van der Waals surface area contributed by atoms with Gasteiger partial charge in [-0.1, -0.05) is 38.1 Å². The molecule has 0 fully saturated rings. The van der Waals surface area contributed by atoms with Crippen molar-refractivity contribution in [3.05, 3.63) is 70.5 Å². The van der Waals surface area contributed by atoms with Crippen LogP contribution >= 0.6 is 0 Å². The number of nitrogens with zero attached hydrogens (tertiary/aromatic N) is 2. The first-order chi connectivity index (χ1) is 20.2. The molecule has 43 heavy (non-hydrogen) atoms. The molecule has 0 aliphatic heterocycles. The van der Waals surface area contributed by atoms with E-state index in [0.29, 0.717) is 11.1 Å². The maximum Gasteiger partial charge on any atom is 0.335 e. The van der Waals surface area contributed by atoms with Crippen LogP contribution in [0.5, 0.6) is 5.75 Å². The van der Waals surface area contributed by atoms with Crippen molar-refractivity contribution in [2.24, 2.45) is 5.92 Å². The number of halogens is 1. The Morgan fingerprint density at radius 2 is 1.77 bits per heavy atom. The summed E-state index contributed by atoms with van der Waals surface area (Å²) >= 11 is 0. The molecule has 0 spiro atoms. The van der Waals surface area contributed by atoms with Crippen molar-refractivity contribution in [2.45, 2.75) is 52.4 Å². The molecule has 0 bridgehead atoms. The zero-order valence-corrected chi connectivity index (χ0v) is 25.1. The standard InChI is InChI=1S/C31H38FN5O6/c1-18(2)28(39)36-27(20(4)38)29(40)35-26(17-34-16-22-11-10-19(3)12-25(22)32)31(42)43-24-9-7-8-21(14-24)13-23(15-33)30(41)37(5)6/h7-14,18,20,26-27,34,38H,16-17H2,1-6H3,(H,35,40)(H,36,39)/t20-,26+,27+/m1/s1. The summed E-state index contributed by atoms with van der Waals surface area (Å²) < 4.78 is 19.9. The monoisotopic (exact) mass is 595 g/mol. The number of esters is 1. The molecule has 230 valence electrons. The van der Waals surface area contributed by atoms with E-state index in [0.717, 1.165) is 5.56 Å². The molecule has 2 aromatic carbocycles. The highest BCUT2D eigenvalue weighted by Gasteiger charge is 2.31.